The van der Waals surface area contributed by atoms with Gasteiger partial charge in [-0.3, -0.25) is 4.79 Å². The molecule has 0 unspecified atom stereocenters. The SMILES string of the molecule is COc1cc(F)cc([C@@H](C)NC(=O)[C@@H](CO)N2Cc3ccc(Br)cc3S2(=O)=O)c1. The molecule has 7 nitrogen and oxygen atoms in total. The highest BCUT2D eigenvalue weighted by Gasteiger charge is 2.42. The van der Waals surface area contributed by atoms with Gasteiger partial charge in [0.15, 0.2) is 0 Å². The van der Waals surface area contributed by atoms with Crippen LogP contribution in [-0.4, -0.2) is 43.5 Å². The Morgan fingerprint density at radius 1 is 1.34 bits per heavy atom. The minimum atomic E-state index is -3.94. The first kappa shape index (κ1) is 21.7. The van der Waals surface area contributed by atoms with Crippen LogP contribution in [0.15, 0.2) is 45.8 Å². The van der Waals surface area contributed by atoms with E-state index in [1.165, 1.54) is 25.3 Å². The molecule has 0 aromatic heterocycles. The minimum absolute atomic E-state index is 0.0221. The largest absolute Gasteiger partial charge is 0.497 e. The summed E-state index contributed by atoms with van der Waals surface area (Å²) in [5.41, 5.74) is 0.991. The van der Waals surface area contributed by atoms with Gasteiger partial charge in [0.1, 0.15) is 17.6 Å². The zero-order valence-corrected chi connectivity index (χ0v) is 18.1. The first-order valence-corrected chi connectivity index (χ1v) is 11.0. The molecule has 0 saturated heterocycles. The van der Waals surface area contributed by atoms with E-state index in [2.05, 4.69) is 21.2 Å². The molecule has 0 bridgehead atoms. The summed E-state index contributed by atoms with van der Waals surface area (Å²) in [5, 5.41) is 12.4. The van der Waals surface area contributed by atoms with E-state index in [4.69, 9.17) is 4.74 Å². The van der Waals surface area contributed by atoms with Crippen molar-refractivity contribution in [1.82, 2.24) is 9.62 Å². The van der Waals surface area contributed by atoms with Crippen molar-refractivity contribution < 1.29 is 27.4 Å². The van der Waals surface area contributed by atoms with Crippen molar-refractivity contribution in [2.75, 3.05) is 13.7 Å². The van der Waals surface area contributed by atoms with Crippen molar-refractivity contribution in [3.05, 3.63) is 57.8 Å². The number of nitrogens with zero attached hydrogens (tertiary/aromatic N) is 1. The van der Waals surface area contributed by atoms with Gasteiger partial charge >= 0.3 is 0 Å². The Morgan fingerprint density at radius 3 is 2.72 bits per heavy atom. The second kappa shape index (κ2) is 8.39. The normalized spacial score (nSPS) is 17.4. The standard InChI is InChI=1S/C19H20BrFN2O5S/c1-11(13-5-15(21)8-16(6-13)28-2)22-19(25)17(10-24)23-9-12-3-4-14(20)7-18(12)29(23,26)27/h3-8,11,17,24H,9-10H2,1-2H3,(H,22,25)/t11-,17-/m1/s1. The quantitative estimate of drug-likeness (QED) is 0.653. The number of benzene rings is 2. The summed E-state index contributed by atoms with van der Waals surface area (Å²) in [6.45, 7) is 0.913. The molecule has 2 aromatic carbocycles. The first-order valence-electron chi connectivity index (χ1n) is 8.73. The third kappa shape index (κ3) is 4.30. The number of halogens is 2. The monoisotopic (exact) mass is 486 g/mol. The highest BCUT2D eigenvalue weighted by molar-refractivity contribution is 9.10. The predicted octanol–water partition coefficient (Wildman–Crippen LogP) is 2.34. The molecule has 1 heterocycles. The number of carbonyl (C=O) groups excluding carboxylic acids is 1. The Kier molecular flexibility index (Phi) is 6.27. The van der Waals surface area contributed by atoms with Gasteiger partial charge in [0.2, 0.25) is 15.9 Å². The third-order valence-corrected chi connectivity index (χ3v) is 7.18. The van der Waals surface area contributed by atoms with Gasteiger partial charge in [-0.2, -0.15) is 4.31 Å². The van der Waals surface area contributed by atoms with Crippen LogP contribution in [0.3, 0.4) is 0 Å². The summed E-state index contributed by atoms with van der Waals surface area (Å²) in [6, 6.07) is 6.92. The van der Waals surface area contributed by atoms with Gasteiger partial charge in [0.05, 0.1) is 24.7 Å². The van der Waals surface area contributed by atoms with E-state index < -0.39 is 40.4 Å². The lowest BCUT2D eigenvalue weighted by atomic mass is 10.1. The van der Waals surface area contributed by atoms with Crippen molar-refractivity contribution in [1.29, 1.82) is 0 Å². The molecule has 0 aliphatic carbocycles. The number of hydrogen-bond donors (Lipinski definition) is 2. The van der Waals surface area contributed by atoms with Crippen molar-refractivity contribution in [3.63, 3.8) is 0 Å². The third-order valence-electron chi connectivity index (χ3n) is 4.75. The van der Waals surface area contributed by atoms with E-state index in [0.29, 0.717) is 21.3 Å². The van der Waals surface area contributed by atoms with Crippen LogP contribution in [0, 0.1) is 5.82 Å². The summed E-state index contributed by atoms with van der Waals surface area (Å²) in [6.07, 6.45) is 0. The van der Waals surface area contributed by atoms with Crippen molar-refractivity contribution in [2.45, 2.75) is 30.4 Å². The molecule has 2 atom stereocenters. The lowest BCUT2D eigenvalue weighted by molar-refractivity contribution is -0.126. The van der Waals surface area contributed by atoms with Crippen LogP contribution in [0.5, 0.6) is 5.75 Å². The molecule has 0 spiro atoms. The topological polar surface area (TPSA) is 95.9 Å². The van der Waals surface area contributed by atoms with Crippen molar-refractivity contribution >= 4 is 31.9 Å². The van der Waals surface area contributed by atoms with Crippen LogP contribution in [-0.2, 0) is 21.4 Å². The first-order chi connectivity index (χ1) is 13.7. The van der Waals surface area contributed by atoms with Crippen LogP contribution in [0.4, 0.5) is 4.39 Å². The average Bonchev–Trinajstić information content (AvgIpc) is 2.92. The van der Waals surface area contributed by atoms with E-state index in [1.54, 1.807) is 25.1 Å². The lowest BCUT2D eigenvalue weighted by Crippen LogP contribution is -2.49. The Morgan fingerprint density at radius 2 is 2.07 bits per heavy atom. The van der Waals surface area contributed by atoms with Crippen LogP contribution < -0.4 is 10.1 Å². The number of rotatable bonds is 6. The number of carbonyl (C=O) groups is 1. The smallest absolute Gasteiger partial charge is 0.244 e. The zero-order valence-electron chi connectivity index (χ0n) is 15.7. The molecule has 1 amide bonds. The van der Waals surface area contributed by atoms with Gasteiger partial charge in [-0.15, -0.1) is 0 Å². The molecule has 0 radical (unpaired) electrons. The number of aliphatic hydroxyl groups excluding tert-OH is 1. The molecule has 2 N–H and O–H groups in total. The molecule has 1 aliphatic rings. The second-order valence-electron chi connectivity index (χ2n) is 6.66. The Labute approximate surface area is 176 Å². The minimum Gasteiger partial charge on any atom is -0.497 e. The summed E-state index contributed by atoms with van der Waals surface area (Å²) >= 11 is 3.24. The van der Waals surface area contributed by atoms with E-state index >= 15 is 0 Å². The fourth-order valence-corrected chi connectivity index (χ4v) is 5.52. The number of hydrogen-bond acceptors (Lipinski definition) is 5. The summed E-state index contributed by atoms with van der Waals surface area (Å²) in [4.78, 5) is 12.9. The number of fused-ring (bicyclic) bond motifs is 1. The molecular weight excluding hydrogens is 467 g/mol. The van der Waals surface area contributed by atoms with Crippen molar-refractivity contribution in [3.8, 4) is 5.75 Å². The Balaban J connectivity index is 1.82. The van der Waals surface area contributed by atoms with Crippen LogP contribution >= 0.6 is 15.9 Å². The molecule has 1 aliphatic heterocycles. The van der Waals surface area contributed by atoms with Gasteiger partial charge in [0.25, 0.3) is 0 Å². The molecule has 2 aromatic rings. The molecule has 0 saturated carbocycles. The van der Waals surface area contributed by atoms with Gasteiger partial charge in [-0.25, -0.2) is 12.8 Å². The maximum absolute atomic E-state index is 13.7. The van der Waals surface area contributed by atoms with Crippen LogP contribution in [0.2, 0.25) is 0 Å². The van der Waals surface area contributed by atoms with E-state index in [-0.39, 0.29) is 11.4 Å². The van der Waals surface area contributed by atoms with Gasteiger partial charge in [-0.05, 0) is 42.3 Å². The zero-order chi connectivity index (χ0) is 21.3. The van der Waals surface area contributed by atoms with Crippen LogP contribution in [0.25, 0.3) is 0 Å². The van der Waals surface area contributed by atoms with Crippen molar-refractivity contribution in [2.24, 2.45) is 0 Å². The predicted molar refractivity (Wildman–Crippen MR) is 107 cm³/mol. The summed E-state index contributed by atoms with van der Waals surface area (Å²) in [5.74, 6) is -0.913. The number of ether oxygens (including phenoxy) is 1. The number of methoxy groups -OCH3 is 1. The van der Waals surface area contributed by atoms with E-state index in [1.807, 2.05) is 0 Å². The molecule has 10 heteroatoms. The van der Waals surface area contributed by atoms with E-state index in [9.17, 15) is 22.7 Å². The Hall–Kier alpha value is -2.01. The van der Waals surface area contributed by atoms with Gasteiger partial charge in [0, 0.05) is 17.1 Å². The molecule has 0 fully saturated rings. The fourth-order valence-electron chi connectivity index (χ4n) is 3.21. The number of amides is 1. The van der Waals surface area contributed by atoms with E-state index in [0.717, 1.165) is 4.31 Å². The highest BCUT2D eigenvalue weighted by Crippen LogP contribution is 2.34. The Bertz CT molecular complexity index is 1050. The average molecular weight is 487 g/mol. The maximum Gasteiger partial charge on any atom is 0.244 e. The molecule has 29 heavy (non-hydrogen) atoms. The molecular formula is C19H20BrFN2O5S. The fraction of sp³-hybridized carbons (Fsp3) is 0.316. The molecule has 3 rings (SSSR count). The lowest BCUT2D eigenvalue weighted by Gasteiger charge is -2.25. The summed E-state index contributed by atoms with van der Waals surface area (Å²) in [7, 11) is -2.54. The number of sulfonamides is 1. The highest BCUT2D eigenvalue weighted by atomic mass is 79.9. The van der Waals surface area contributed by atoms with Crippen LogP contribution in [0.1, 0.15) is 24.1 Å². The molecule has 156 valence electrons. The van der Waals surface area contributed by atoms with Gasteiger partial charge in [-0.1, -0.05) is 22.0 Å². The summed E-state index contributed by atoms with van der Waals surface area (Å²) < 4.78 is 46.1. The second-order valence-corrected chi connectivity index (χ2v) is 9.43. The number of nitrogens with one attached hydrogen (secondary N) is 1. The maximum atomic E-state index is 13.7. The number of aliphatic hydroxyl groups is 1. The van der Waals surface area contributed by atoms with Gasteiger partial charge < -0.3 is 15.2 Å².